The van der Waals surface area contributed by atoms with E-state index >= 15 is 0 Å². The van der Waals surface area contributed by atoms with E-state index in [-0.39, 0.29) is 67.8 Å². The van der Waals surface area contributed by atoms with E-state index in [0.717, 1.165) is 74.0 Å². The third-order valence-corrected chi connectivity index (χ3v) is 22.1. The second-order valence-electron chi connectivity index (χ2n) is 26.2. The Labute approximate surface area is 647 Å². The van der Waals surface area contributed by atoms with E-state index in [9.17, 15) is 18.7 Å². The molecule has 0 aliphatic heterocycles. The first kappa shape index (κ1) is 84.6. The highest BCUT2D eigenvalue weighted by molar-refractivity contribution is 8.14. The van der Waals surface area contributed by atoms with Gasteiger partial charge in [0.25, 0.3) is 7.52 Å². The summed E-state index contributed by atoms with van der Waals surface area (Å²) in [4.78, 5) is 68.4. The Hall–Kier alpha value is -9.42. The molecule has 7 aromatic carbocycles. The zero-order chi connectivity index (χ0) is 78.8. The second kappa shape index (κ2) is 40.0. The summed E-state index contributed by atoms with van der Waals surface area (Å²) in [6, 6.07) is 60.7. The Morgan fingerprint density at radius 2 is 0.827 bits per heavy atom. The molecular formula is C79H93N11O16P2S2. The number of rotatable bonds is 37. The molecule has 11 rings (SSSR count). The number of nitrogens with two attached hydrogens (primary N) is 2. The fourth-order valence-electron chi connectivity index (χ4n) is 11.4. The van der Waals surface area contributed by atoms with Crippen molar-refractivity contribution in [3.05, 3.63) is 252 Å². The number of ether oxygens (including phenoxy) is 8. The van der Waals surface area contributed by atoms with Gasteiger partial charge in [0.15, 0.2) is 33.2 Å². The molecule has 110 heavy (non-hydrogen) atoms. The molecule has 1 atom stereocenters. The molecule has 11 aromatic rings. The van der Waals surface area contributed by atoms with E-state index in [4.69, 9.17) is 68.8 Å². The largest absolute Gasteiger partial charge is 0.497 e. The zero-order valence-corrected chi connectivity index (χ0v) is 65.9. The van der Waals surface area contributed by atoms with E-state index in [2.05, 4.69) is 35.0 Å². The molecule has 27 nitrogen and oxygen atoms in total. The second-order valence-corrected chi connectivity index (χ2v) is 32.1. The van der Waals surface area contributed by atoms with Crippen molar-refractivity contribution in [2.45, 2.75) is 58.5 Å². The highest BCUT2D eigenvalue weighted by atomic mass is 32.2. The third-order valence-electron chi connectivity index (χ3n) is 17.4. The summed E-state index contributed by atoms with van der Waals surface area (Å²) in [6.07, 6.45) is 5.06. The Morgan fingerprint density at radius 1 is 0.473 bits per heavy atom. The highest BCUT2D eigenvalue weighted by Gasteiger charge is 2.43. The lowest BCUT2D eigenvalue weighted by atomic mass is 9.79. The number of benzene rings is 7. The van der Waals surface area contributed by atoms with Gasteiger partial charge in [-0.05, 0) is 115 Å². The number of methoxy groups -OCH3 is 4. The summed E-state index contributed by atoms with van der Waals surface area (Å²) < 4.78 is 80.4. The number of thioether (sulfide) groups is 2. The van der Waals surface area contributed by atoms with Crippen LogP contribution in [0.4, 0.5) is 11.6 Å². The van der Waals surface area contributed by atoms with E-state index in [0.29, 0.717) is 65.0 Å². The van der Waals surface area contributed by atoms with Gasteiger partial charge in [0, 0.05) is 31.1 Å². The van der Waals surface area contributed by atoms with Crippen LogP contribution in [0.1, 0.15) is 66.6 Å². The minimum Gasteiger partial charge on any atom is -0.497 e. The SMILES string of the molecule is COc1ccc(C(OCC(C)(C)C(=O)SCCO)(c2ccccc2)c2ccc(OC)cc2)cc1.COc1ccc(C(OCC(C)(C)C(=O)SCCOP(=O)(COCCn2cnc3c(N)ncnc32)NCc2ccccc2)(c2ccccc2)c2ccc(OC)cc2)cc1.Nc1ncnc2c1ncn2CCOCP(=O)(O)O. The average molecular weight is 1580 g/mol. The lowest BCUT2D eigenvalue weighted by Crippen LogP contribution is -2.38. The van der Waals surface area contributed by atoms with Gasteiger partial charge in [-0.25, -0.2) is 35.0 Å². The number of aliphatic hydroxyl groups is 1. The monoisotopic (exact) mass is 1580 g/mol. The number of anilines is 2. The summed E-state index contributed by atoms with van der Waals surface area (Å²) in [5, 5.41) is 12.1. The molecule has 0 radical (unpaired) electrons. The molecule has 582 valence electrons. The van der Waals surface area contributed by atoms with Crippen molar-refractivity contribution < 1.29 is 76.0 Å². The molecule has 0 amide bonds. The standard InChI is InChI=1S/C43H49N6O7PS.C28H32O5S.C8H12N5O4P/c1-42(2,28-55-43(33-13-9-6-10-14-33,34-15-19-36(52-3)20-16-34)35-17-21-37(53-4)22-18-35)41(50)58-26-25-56-57(51,48-27-32-11-7-5-8-12-32)31-54-24-23-49-30-47-38-39(44)45-29-46-40(38)49;1-27(2,26(30)34-19-18-29)20-33-28(21-8-6-5-7-9-21,22-10-14-24(31-3)15-11-22)23-12-16-25(32-4)17-13-23;9-7-6-8(11-3-10-7)13(4-12-6)1-2-17-5-18(14,15)16/h5-22,29-30H,23-28,31H2,1-4H3,(H,48,51)(H2,44,45,46);5-17,29H,18-20H2,1-4H3;3-4H,1-2,5H2,(H2,9,10,11)(H2,14,15,16). The van der Waals surface area contributed by atoms with Gasteiger partial charge in [-0.1, -0.05) is 163 Å². The number of nitrogen functional groups attached to an aromatic ring is 2. The normalized spacial score (nSPS) is 12.5. The van der Waals surface area contributed by atoms with E-state index < -0.39 is 43.5 Å². The number of hydrogen-bond acceptors (Lipinski definition) is 24. The Bertz CT molecular complexity index is 4710. The van der Waals surface area contributed by atoms with Crippen molar-refractivity contribution in [1.82, 2.24) is 44.1 Å². The van der Waals surface area contributed by atoms with Crippen molar-refractivity contribution in [3.8, 4) is 23.0 Å². The number of imidazole rings is 2. The molecule has 0 bridgehead atoms. The van der Waals surface area contributed by atoms with Crippen LogP contribution in [0.15, 0.2) is 213 Å². The molecule has 0 saturated carbocycles. The quantitative estimate of drug-likeness (QED) is 0.0120. The molecule has 0 aliphatic carbocycles. The number of nitrogens with one attached hydrogen (secondary N) is 1. The van der Waals surface area contributed by atoms with E-state index in [1.807, 2.05) is 216 Å². The average Bonchev–Trinajstić information content (AvgIpc) is 1.02. The molecule has 4 heterocycles. The zero-order valence-electron chi connectivity index (χ0n) is 62.5. The molecule has 8 N–H and O–H groups in total. The number of hydrogen-bond donors (Lipinski definition) is 6. The molecule has 0 aliphatic rings. The first-order chi connectivity index (χ1) is 52.9. The summed E-state index contributed by atoms with van der Waals surface area (Å²) >= 11 is 2.25. The summed E-state index contributed by atoms with van der Waals surface area (Å²) in [7, 11) is -1.10. The van der Waals surface area contributed by atoms with Crippen LogP contribution < -0.4 is 35.5 Å². The van der Waals surface area contributed by atoms with Crippen LogP contribution in [0.3, 0.4) is 0 Å². The predicted octanol–water partition coefficient (Wildman–Crippen LogP) is 12.5. The van der Waals surface area contributed by atoms with Crippen molar-refractivity contribution in [2.75, 3.05) is 104 Å². The summed E-state index contributed by atoms with van der Waals surface area (Å²) in [5.74, 6) is 4.13. The topological polar surface area (TPSA) is 363 Å². The molecular weight excluding hydrogens is 1490 g/mol. The fraction of sp³-hybridized carbons (Fsp3) is 0.316. The van der Waals surface area contributed by atoms with E-state index in [1.165, 1.54) is 19.0 Å². The van der Waals surface area contributed by atoms with Crippen molar-refractivity contribution in [2.24, 2.45) is 10.8 Å². The summed E-state index contributed by atoms with van der Waals surface area (Å²) in [6.45, 7) is 9.18. The maximum atomic E-state index is 14.1. The lowest BCUT2D eigenvalue weighted by Gasteiger charge is -2.38. The van der Waals surface area contributed by atoms with Crippen molar-refractivity contribution in [3.63, 3.8) is 0 Å². The number of aliphatic hydroxyl groups excluding tert-OH is 1. The number of carbonyl (C=O) groups excluding carboxylic acids is 2. The van der Waals surface area contributed by atoms with Gasteiger partial charge in [-0.15, -0.1) is 0 Å². The van der Waals surface area contributed by atoms with Crippen LogP contribution in [-0.2, 0) is 73.0 Å². The molecule has 4 aromatic heterocycles. The van der Waals surface area contributed by atoms with Gasteiger partial charge in [0.1, 0.15) is 70.6 Å². The third kappa shape index (κ3) is 22.4. The van der Waals surface area contributed by atoms with Crippen LogP contribution in [-0.4, -0.2) is 156 Å². The van der Waals surface area contributed by atoms with Gasteiger partial charge in [0.05, 0.1) is 91.6 Å². The van der Waals surface area contributed by atoms with Gasteiger partial charge in [0.2, 0.25) is 0 Å². The lowest BCUT2D eigenvalue weighted by molar-refractivity contribution is -0.124. The number of fused-ring (bicyclic) bond motifs is 2. The number of nitrogens with zero attached hydrogens (tertiary/aromatic N) is 8. The van der Waals surface area contributed by atoms with Gasteiger partial charge >= 0.3 is 7.60 Å². The van der Waals surface area contributed by atoms with Crippen LogP contribution in [0.25, 0.3) is 22.3 Å². The molecule has 0 spiro atoms. The van der Waals surface area contributed by atoms with Crippen LogP contribution >= 0.6 is 38.6 Å². The molecule has 0 fully saturated rings. The highest BCUT2D eigenvalue weighted by Crippen LogP contribution is 2.47. The van der Waals surface area contributed by atoms with Crippen LogP contribution in [0.2, 0.25) is 0 Å². The van der Waals surface area contributed by atoms with Crippen LogP contribution in [0.5, 0.6) is 23.0 Å². The van der Waals surface area contributed by atoms with Crippen LogP contribution in [0, 0.1) is 10.8 Å². The maximum Gasteiger partial charge on any atom is 0.350 e. The Kier molecular flexibility index (Phi) is 30.7. The van der Waals surface area contributed by atoms with Gasteiger partial charge < -0.3 is 77.9 Å². The Balaban J connectivity index is 0.000000223. The van der Waals surface area contributed by atoms with Gasteiger partial charge in [-0.3, -0.25) is 18.7 Å². The summed E-state index contributed by atoms with van der Waals surface area (Å²) in [5.41, 5.74) is 16.3. The maximum absolute atomic E-state index is 14.1. The minimum absolute atomic E-state index is 0.0204. The number of carbonyl (C=O) groups is 2. The first-order valence-corrected chi connectivity index (χ1v) is 40.5. The minimum atomic E-state index is -4.12. The van der Waals surface area contributed by atoms with E-state index in [1.54, 1.807) is 43.9 Å². The van der Waals surface area contributed by atoms with Crippen molar-refractivity contribution >= 4 is 82.8 Å². The number of aromatic nitrogens is 8. The smallest absolute Gasteiger partial charge is 0.350 e. The fourth-order valence-corrected chi connectivity index (χ4v) is 14.9. The Morgan fingerprint density at radius 3 is 1.19 bits per heavy atom. The first-order valence-electron chi connectivity index (χ1n) is 34.9. The molecule has 31 heteroatoms. The molecule has 1 unspecified atom stereocenters. The predicted molar refractivity (Wildman–Crippen MR) is 426 cm³/mol. The van der Waals surface area contributed by atoms with Crippen molar-refractivity contribution in [1.29, 1.82) is 0 Å². The van der Waals surface area contributed by atoms with Gasteiger partial charge in [-0.2, -0.15) is 0 Å². The molecule has 0 saturated heterocycles.